The molecule has 0 spiro atoms. The van der Waals surface area contributed by atoms with Gasteiger partial charge in [0, 0.05) is 12.6 Å². The summed E-state index contributed by atoms with van der Waals surface area (Å²) in [7, 11) is 0. The zero-order valence-electron chi connectivity index (χ0n) is 10.9. The number of carbonyl (C=O) groups excluding carboxylic acids is 1. The van der Waals surface area contributed by atoms with Crippen molar-refractivity contribution in [3.63, 3.8) is 0 Å². The van der Waals surface area contributed by atoms with Crippen molar-refractivity contribution in [2.45, 2.75) is 40.2 Å². The lowest BCUT2D eigenvalue weighted by Gasteiger charge is -2.20. The molecule has 0 saturated heterocycles. The summed E-state index contributed by atoms with van der Waals surface area (Å²) in [6, 6.07) is 0.520. The Bertz CT molecular complexity index is 183. The molecular formula is C12H25NO3. The Morgan fingerprint density at radius 3 is 2.50 bits per heavy atom. The largest absolute Gasteiger partial charge is 0.464 e. The van der Waals surface area contributed by atoms with E-state index in [0.29, 0.717) is 25.2 Å². The van der Waals surface area contributed by atoms with Gasteiger partial charge < -0.3 is 14.8 Å². The van der Waals surface area contributed by atoms with Crippen molar-refractivity contribution < 1.29 is 14.3 Å². The van der Waals surface area contributed by atoms with Crippen LogP contribution in [-0.4, -0.2) is 38.4 Å². The molecule has 0 aliphatic carbocycles. The highest BCUT2D eigenvalue weighted by Gasteiger charge is 2.09. The first-order valence-electron chi connectivity index (χ1n) is 6.08. The summed E-state index contributed by atoms with van der Waals surface area (Å²) in [6.45, 7) is 10.1. The minimum Gasteiger partial charge on any atom is -0.464 e. The van der Waals surface area contributed by atoms with Crippen LogP contribution < -0.4 is 5.32 Å². The highest BCUT2D eigenvalue weighted by molar-refractivity contribution is 5.70. The second-order valence-corrected chi connectivity index (χ2v) is 4.07. The van der Waals surface area contributed by atoms with Gasteiger partial charge in [-0.1, -0.05) is 20.8 Å². The lowest BCUT2D eigenvalue weighted by atomic mass is 10.0. The van der Waals surface area contributed by atoms with Crippen molar-refractivity contribution >= 4 is 5.97 Å². The van der Waals surface area contributed by atoms with E-state index in [1.54, 1.807) is 6.92 Å². The van der Waals surface area contributed by atoms with E-state index in [4.69, 9.17) is 9.47 Å². The third-order valence-electron chi connectivity index (χ3n) is 2.42. The van der Waals surface area contributed by atoms with E-state index >= 15 is 0 Å². The number of esters is 1. The van der Waals surface area contributed by atoms with Gasteiger partial charge in [-0.2, -0.15) is 0 Å². The average molecular weight is 231 g/mol. The molecule has 0 heterocycles. The van der Waals surface area contributed by atoms with Gasteiger partial charge in [0.25, 0.3) is 0 Å². The molecule has 0 radical (unpaired) electrons. The molecule has 0 aromatic heterocycles. The predicted octanol–water partition coefficient (Wildman–Crippen LogP) is 1.59. The molecule has 0 aliphatic rings. The first-order valence-corrected chi connectivity index (χ1v) is 6.08. The molecule has 1 N–H and O–H groups in total. The van der Waals surface area contributed by atoms with Gasteiger partial charge in [0.15, 0.2) is 0 Å². The standard InChI is InChI=1S/C12H25NO3/c1-5-11(10(3)4)13-7-8-15-9-12(14)16-6-2/h10-11,13H,5-9H2,1-4H3. The topological polar surface area (TPSA) is 47.6 Å². The molecule has 0 bridgehead atoms. The lowest BCUT2D eigenvalue weighted by molar-refractivity contribution is -0.148. The summed E-state index contributed by atoms with van der Waals surface area (Å²) < 4.78 is 9.93. The Kier molecular flexibility index (Phi) is 9.24. The second-order valence-electron chi connectivity index (χ2n) is 4.07. The zero-order valence-corrected chi connectivity index (χ0v) is 10.9. The summed E-state index contributed by atoms with van der Waals surface area (Å²) in [5.41, 5.74) is 0. The van der Waals surface area contributed by atoms with Crippen molar-refractivity contribution in [1.29, 1.82) is 0 Å². The molecule has 0 aromatic rings. The van der Waals surface area contributed by atoms with E-state index in [-0.39, 0.29) is 12.6 Å². The number of ether oxygens (including phenoxy) is 2. The molecule has 0 aliphatic heterocycles. The van der Waals surface area contributed by atoms with Gasteiger partial charge in [0.2, 0.25) is 0 Å². The molecular weight excluding hydrogens is 206 g/mol. The van der Waals surface area contributed by atoms with Crippen LogP contribution in [0.4, 0.5) is 0 Å². The van der Waals surface area contributed by atoms with E-state index in [9.17, 15) is 4.79 Å². The minimum absolute atomic E-state index is 0.0496. The normalized spacial score (nSPS) is 12.8. The van der Waals surface area contributed by atoms with Crippen LogP contribution in [0.1, 0.15) is 34.1 Å². The van der Waals surface area contributed by atoms with Crippen LogP contribution in [0.2, 0.25) is 0 Å². The Morgan fingerprint density at radius 2 is 2.00 bits per heavy atom. The summed E-state index contributed by atoms with van der Waals surface area (Å²) in [5.74, 6) is 0.327. The molecule has 0 aromatic carbocycles. The van der Waals surface area contributed by atoms with E-state index in [2.05, 4.69) is 26.1 Å². The van der Waals surface area contributed by atoms with E-state index in [1.807, 2.05) is 0 Å². The first-order chi connectivity index (χ1) is 7.61. The summed E-state index contributed by atoms with van der Waals surface area (Å²) in [4.78, 5) is 10.9. The van der Waals surface area contributed by atoms with Crippen molar-refractivity contribution in [1.82, 2.24) is 5.32 Å². The molecule has 1 atom stereocenters. The van der Waals surface area contributed by atoms with Crippen molar-refractivity contribution in [2.24, 2.45) is 5.92 Å². The van der Waals surface area contributed by atoms with Gasteiger partial charge in [-0.25, -0.2) is 4.79 Å². The molecule has 96 valence electrons. The predicted molar refractivity (Wildman–Crippen MR) is 64.4 cm³/mol. The maximum atomic E-state index is 10.9. The fourth-order valence-corrected chi connectivity index (χ4v) is 1.53. The maximum Gasteiger partial charge on any atom is 0.332 e. The average Bonchev–Trinajstić information content (AvgIpc) is 2.23. The molecule has 16 heavy (non-hydrogen) atoms. The quantitative estimate of drug-likeness (QED) is 0.483. The van der Waals surface area contributed by atoms with Crippen LogP contribution in [0.25, 0.3) is 0 Å². The van der Waals surface area contributed by atoms with Gasteiger partial charge in [0.05, 0.1) is 13.2 Å². The Balaban J connectivity index is 3.42. The van der Waals surface area contributed by atoms with Crippen LogP contribution in [0.3, 0.4) is 0 Å². The van der Waals surface area contributed by atoms with Crippen molar-refractivity contribution in [3.05, 3.63) is 0 Å². The molecule has 4 heteroatoms. The molecule has 0 amide bonds. The third kappa shape index (κ3) is 7.65. The maximum absolute atomic E-state index is 10.9. The smallest absolute Gasteiger partial charge is 0.332 e. The molecule has 0 rings (SSSR count). The van der Waals surface area contributed by atoms with Gasteiger partial charge in [-0.05, 0) is 19.3 Å². The SMILES string of the molecule is CCOC(=O)COCCNC(CC)C(C)C. The lowest BCUT2D eigenvalue weighted by Crippen LogP contribution is -2.35. The third-order valence-corrected chi connectivity index (χ3v) is 2.42. The summed E-state index contributed by atoms with van der Waals surface area (Å²) in [6.07, 6.45) is 1.11. The number of rotatable bonds is 9. The van der Waals surface area contributed by atoms with Crippen LogP contribution in [0, 0.1) is 5.92 Å². The summed E-state index contributed by atoms with van der Waals surface area (Å²) >= 11 is 0. The number of hydrogen-bond donors (Lipinski definition) is 1. The van der Waals surface area contributed by atoms with Crippen LogP contribution in [0.15, 0.2) is 0 Å². The fraction of sp³-hybridized carbons (Fsp3) is 0.917. The molecule has 0 fully saturated rings. The highest BCUT2D eigenvalue weighted by atomic mass is 16.6. The number of nitrogens with one attached hydrogen (secondary N) is 1. The van der Waals surface area contributed by atoms with Gasteiger partial charge in [0.1, 0.15) is 6.61 Å². The molecule has 4 nitrogen and oxygen atoms in total. The molecule has 1 unspecified atom stereocenters. The van der Waals surface area contributed by atoms with Crippen LogP contribution >= 0.6 is 0 Å². The number of carbonyl (C=O) groups is 1. The second kappa shape index (κ2) is 9.60. The van der Waals surface area contributed by atoms with Crippen molar-refractivity contribution in [3.8, 4) is 0 Å². The first kappa shape index (κ1) is 15.4. The van der Waals surface area contributed by atoms with E-state index < -0.39 is 0 Å². The Morgan fingerprint density at radius 1 is 1.31 bits per heavy atom. The van der Waals surface area contributed by atoms with Gasteiger partial charge in [-0.3, -0.25) is 0 Å². The van der Waals surface area contributed by atoms with Gasteiger partial charge >= 0.3 is 5.97 Å². The molecule has 0 saturated carbocycles. The van der Waals surface area contributed by atoms with Crippen molar-refractivity contribution in [2.75, 3.05) is 26.4 Å². The number of hydrogen-bond acceptors (Lipinski definition) is 4. The minimum atomic E-state index is -0.293. The highest BCUT2D eigenvalue weighted by Crippen LogP contribution is 2.04. The van der Waals surface area contributed by atoms with E-state index in [1.165, 1.54) is 0 Å². The fourth-order valence-electron chi connectivity index (χ4n) is 1.53. The zero-order chi connectivity index (χ0) is 12.4. The monoisotopic (exact) mass is 231 g/mol. The van der Waals surface area contributed by atoms with Crippen LogP contribution in [0.5, 0.6) is 0 Å². The Hall–Kier alpha value is -0.610. The summed E-state index contributed by atoms with van der Waals surface area (Å²) in [5, 5.41) is 3.40. The Labute approximate surface area is 98.7 Å². The van der Waals surface area contributed by atoms with Gasteiger partial charge in [-0.15, -0.1) is 0 Å². The van der Waals surface area contributed by atoms with Crippen LogP contribution in [-0.2, 0) is 14.3 Å². The van der Waals surface area contributed by atoms with E-state index in [0.717, 1.165) is 13.0 Å².